The van der Waals surface area contributed by atoms with Crippen LogP contribution < -0.4 is 10.1 Å². The zero-order chi connectivity index (χ0) is 19.0. The van der Waals surface area contributed by atoms with Crippen molar-refractivity contribution in [2.75, 3.05) is 18.5 Å². The summed E-state index contributed by atoms with van der Waals surface area (Å²) in [4.78, 5) is 17.3. The van der Waals surface area contributed by atoms with Crippen LogP contribution in [0.2, 0.25) is 0 Å². The van der Waals surface area contributed by atoms with E-state index in [2.05, 4.69) is 20.5 Å². The van der Waals surface area contributed by atoms with Gasteiger partial charge in [0.2, 0.25) is 5.88 Å². The number of aromatic amines is 1. The fourth-order valence-electron chi connectivity index (χ4n) is 3.04. The van der Waals surface area contributed by atoms with Crippen LogP contribution in [0.4, 0.5) is 5.69 Å². The molecule has 0 atom stereocenters. The monoisotopic (exact) mass is 370 g/mol. The molecule has 27 heavy (non-hydrogen) atoms. The number of amides is 1. The van der Waals surface area contributed by atoms with Crippen molar-refractivity contribution in [2.24, 2.45) is 5.92 Å². The molecule has 4 rings (SSSR count). The lowest BCUT2D eigenvalue weighted by atomic mass is 9.90. The lowest BCUT2D eigenvalue weighted by Crippen LogP contribution is -2.25. The van der Waals surface area contributed by atoms with Crippen LogP contribution in [-0.4, -0.2) is 39.4 Å². The first kappa shape index (κ1) is 18.0. The van der Waals surface area contributed by atoms with Crippen molar-refractivity contribution in [3.8, 4) is 5.88 Å². The summed E-state index contributed by atoms with van der Waals surface area (Å²) in [5.74, 6) is 1.42. The number of nitrogens with one attached hydrogen (secondary N) is 2. The van der Waals surface area contributed by atoms with Crippen LogP contribution in [0, 0.1) is 5.92 Å². The molecule has 3 N–H and O–H groups in total. The van der Waals surface area contributed by atoms with Gasteiger partial charge in [-0.3, -0.25) is 9.89 Å². The first-order chi connectivity index (χ1) is 13.0. The molecule has 2 fully saturated rings. The van der Waals surface area contributed by atoms with Gasteiger partial charge in [0.05, 0.1) is 30.8 Å². The molecular formula is C20H26N4O3. The number of ether oxygens (including phenoxy) is 1. The molecule has 0 radical (unpaired) electrons. The molecule has 2 aromatic rings. The molecule has 0 bridgehead atoms. The maximum atomic E-state index is 12.7. The number of nitrogens with zero attached hydrogens (tertiary/aromatic N) is 2. The van der Waals surface area contributed by atoms with Gasteiger partial charge in [-0.05, 0) is 43.6 Å². The molecule has 0 aromatic carbocycles. The van der Waals surface area contributed by atoms with Gasteiger partial charge in [0.15, 0.2) is 0 Å². The number of carbonyl (C=O) groups is 1. The second kappa shape index (κ2) is 6.96. The van der Waals surface area contributed by atoms with Gasteiger partial charge >= 0.3 is 0 Å². The number of aliphatic hydroxyl groups is 1. The molecule has 0 saturated heterocycles. The predicted molar refractivity (Wildman–Crippen MR) is 101 cm³/mol. The molecular weight excluding hydrogens is 344 g/mol. The average Bonchev–Trinajstić information content (AvgIpc) is 3.58. The number of rotatable bonds is 8. The highest BCUT2D eigenvalue weighted by Crippen LogP contribution is 2.44. The molecule has 144 valence electrons. The van der Waals surface area contributed by atoms with Gasteiger partial charge in [0.25, 0.3) is 5.91 Å². The van der Waals surface area contributed by atoms with E-state index in [-0.39, 0.29) is 12.5 Å². The largest absolute Gasteiger partial charge is 0.477 e. The number of carbonyl (C=O) groups excluding carboxylic acids is 1. The normalized spacial score (nSPS) is 17.0. The average molecular weight is 370 g/mol. The highest BCUT2D eigenvalue weighted by atomic mass is 16.5. The van der Waals surface area contributed by atoms with Crippen molar-refractivity contribution in [1.82, 2.24) is 15.2 Å². The Bertz CT molecular complexity index is 838. The van der Waals surface area contributed by atoms with E-state index < -0.39 is 5.41 Å². The summed E-state index contributed by atoms with van der Waals surface area (Å²) < 4.78 is 5.94. The number of H-pyrrole nitrogens is 1. The van der Waals surface area contributed by atoms with Gasteiger partial charge in [-0.2, -0.15) is 5.10 Å². The molecule has 2 aliphatic rings. The number of aromatic nitrogens is 3. The van der Waals surface area contributed by atoms with Crippen molar-refractivity contribution in [3.05, 3.63) is 35.3 Å². The number of pyridine rings is 1. The second-order valence-electron chi connectivity index (χ2n) is 8.27. The third-order valence-electron chi connectivity index (χ3n) is 5.25. The number of anilines is 1. The minimum atomic E-state index is -0.541. The Balaban J connectivity index is 1.53. The molecule has 1 amide bonds. The summed E-state index contributed by atoms with van der Waals surface area (Å²) in [5.41, 5.74) is 2.11. The molecule has 2 aliphatic carbocycles. The standard InChI is InChI=1S/C20H26N4O3/c1-20(2,11-25)17-16(9-21-24-17)22-18(26)15-8-7-14(13-5-6-13)19(23-15)27-10-12-3-4-12/h7-9,12-13,25H,3-6,10-11H2,1-2H3,(H,21,24)(H,22,26). The van der Waals surface area contributed by atoms with Crippen molar-refractivity contribution < 1.29 is 14.6 Å². The topological polar surface area (TPSA) is 100 Å². The molecule has 2 saturated carbocycles. The van der Waals surface area contributed by atoms with E-state index >= 15 is 0 Å². The fourth-order valence-corrected chi connectivity index (χ4v) is 3.04. The third kappa shape index (κ3) is 3.98. The first-order valence-electron chi connectivity index (χ1n) is 9.57. The van der Waals surface area contributed by atoms with E-state index in [9.17, 15) is 9.90 Å². The number of hydrogen-bond acceptors (Lipinski definition) is 5. The van der Waals surface area contributed by atoms with Crippen LogP contribution in [0.1, 0.15) is 67.2 Å². The van der Waals surface area contributed by atoms with Gasteiger partial charge in [-0.25, -0.2) is 4.98 Å². The predicted octanol–water partition coefficient (Wildman–Crippen LogP) is 2.99. The van der Waals surface area contributed by atoms with Gasteiger partial charge in [0.1, 0.15) is 5.69 Å². The fraction of sp³-hybridized carbons (Fsp3) is 0.550. The summed E-state index contributed by atoms with van der Waals surface area (Å²) in [6, 6.07) is 3.72. The Labute approximate surface area is 158 Å². The van der Waals surface area contributed by atoms with E-state index in [4.69, 9.17) is 4.74 Å². The van der Waals surface area contributed by atoms with Crippen molar-refractivity contribution in [3.63, 3.8) is 0 Å². The molecule has 2 heterocycles. The minimum Gasteiger partial charge on any atom is -0.477 e. The van der Waals surface area contributed by atoms with Crippen molar-refractivity contribution >= 4 is 11.6 Å². The van der Waals surface area contributed by atoms with E-state index in [1.807, 2.05) is 19.9 Å². The highest BCUT2D eigenvalue weighted by molar-refractivity contribution is 6.03. The zero-order valence-corrected chi connectivity index (χ0v) is 15.8. The zero-order valence-electron chi connectivity index (χ0n) is 15.8. The van der Waals surface area contributed by atoms with E-state index in [0.717, 1.165) is 18.4 Å². The Morgan fingerprint density at radius 3 is 2.78 bits per heavy atom. The first-order valence-corrected chi connectivity index (χ1v) is 9.57. The lowest BCUT2D eigenvalue weighted by molar-refractivity contribution is 0.102. The van der Waals surface area contributed by atoms with Crippen LogP contribution in [-0.2, 0) is 5.41 Å². The summed E-state index contributed by atoms with van der Waals surface area (Å²) in [6.45, 7) is 4.37. The maximum absolute atomic E-state index is 12.7. The van der Waals surface area contributed by atoms with Crippen molar-refractivity contribution in [1.29, 1.82) is 0 Å². The molecule has 2 aromatic heterocycles. The third-order valence-corrected chi connectivity index (χ3v) is 5.25. The molecule has 0 spiro atoms. The Morgan fingerprint density at radius 2 is 2.11 bits per heavy atom. The maximum Gasteiger partial charge on any atom is 0.274 e. The van der Waals surface area contributed by atoms with Crippen LogP contribution in [0.5, 0.6) is 5.88 Å². The SMILES string of the molecule is CC(C)(CO)c1[nH]ncc1NC(=O)c1ccc(C2CC2)c(OCC2CC2)n1. The number of hydrogen-bond donors (Lipinski definition) is 3. The second-order valence-corrected chi connectivity index (χ2v) is 8.27. The van der Waals surface area contributed by atoms with Gasteiger partial charge in [-0.1, -0.05) is 19.9 Å². The highest BCUT2D eigenvalue weighted by Gasteiger charge is 2.30. The summed E-state index contributed by atoms with van der Waals surface area (Å²) in [5, 5.41) is 19.3. The summed E-state index contributed by atoms with van der Waals surface area (Å²) in [6.07, 6.45) is 6.28. The smallest absolute Gasteiger partial charge is 0.274 e. The quantitative estimate of drug-likeness (QED) is 0.663. The van der Waals surface area contributed by atoms with Gasteiger partial charge in [0, 0.05) is 11.0 Å². The molecule has 7 heteroatoms. The van der Waals surface area contributed by atoms with Crippen LogP contribution in [0.3, 0.4) is 0 Å². The summed E-state index contributed by atoms with van der Waals surface area (Å²) >= 11 is 0. The number of aliphatic hydroxyl groups excluding tert-OH is 1. The van der Waals surface area contributed by atoms with E-state index in [1.165, 1.54) is 12.8 Å². The Morgan fingerprint density at radius 1 is 1.33 bits per heavy atom. The van der Waals surface area contributed by atoms with Crippen molar-refractivity contribution in [2.45, 2.75) is 50.9 Å². The molecule has 7 nitrogen and oxygen atoms in total. The minimum absolute atomic E-state index is 0.0639. The van der Waals surface area contributed by atoms with Crippen LogP contribution >= 0.6 is 0 Å². The van der Waals surface area contributed by atoms with Crippen LogP contribution in [0.25, 0.3) is 0 Å². The van der Waals surface area contributed by atoms with Gasteiger partial charge in [-0.15, -0.1) is 0 Å². The Hall–Kier alpha value is -2.41. The molecule has 0 unspecified atom stereocenters. The summed E-state index contributed by atoms with van der Waals surface area (Å²) in [7, 11) is 0. The van der Waals surface area contributed by atoms with Crippen LogP contribution in [0.15, 0.2) is 18.3 Å². The lowest BCUT2D eigenvalue weighted by Gasteiger charge is -2.21. The molecule has 0 aliphatic heterocycles. The van der Waals surface area contributed by atoms with E-state index in [1.54, 1.807) is 12.3 Å². The Kier molecular flexibility index (Phi) is 4.63. The van der Waals surface area contributed by atoms with Gasteiger partial charge < -0.3 is 15.2 Å². The van der Waals surface area contributed by atoms with E-state index in [0.29, 0.717) is 41.4 Å².